The molecule has 0 bridgehead atoms. The first kappa shape index (κ1) is 13.2. The standard InChI is InChI=1S/C15H14ClNS/c1-11-14(16)4-3-5-15(11)17-10-12-6-8-13(18-2)9-7-12/h3-10H,1-2H3. The van der Waals surface area contributed by atoms with Gasteiger partial charge in [0.15, 0.2) is 0 Å². The predicted molar refractivity (Wildman–Crippen MR) is 81.7 cm³/mol. The summed E-state index contributed by atoms with van der Waals surface area (Å²) in [5.74, 6) is 0. The predicted octanol–water partition coefficient (Wildman–Crippen LogP) is 5.12. The van der Waals surface area contributed by atoms with Crippen molar-refractivity contribution in [3.05, 3.63) is 58.6 Å². The van der Waals surface area contributed by atoms with Crippen LogP contribution in [0.2, 0.25) is 5.02 Å². The lowest BCUT2D eigenvalue weighted by Crippen LogP contribution is -1.82. The number of halogens is 1. The van der Waals surface area contributed by atoms with Crippen molar-refractivity contribution in [3.63, 3.8) is 0 Å². The Kier molecular flexibility index (Phi) is 4.45. The van der Waals surface area contributed by atoms with Gasteiger partial charge in [0.05, 0.1) is 5.69 Å². The zero-order valence-electron chi connectivity index (χ0n) is 10.4. The molecule has 0 aliphatic carbocycles. The fourth-order valence-electron chi connectivity index (χ4n) is 1.57. The van der Waals surface area contributed by atoms with Gasteiger partial charge in [-0.2, -0.15) is 0 Å². The second-order valence-electron chi connectivity index (χ2n) is 3.92. The van der Waals surface area contributed by atoms with Crippen LogP contribution in [-0.2, 0) is 0 Å². The smallest absolute Gasteiger partial charge is 0.0673 e. The van der Waals surface area contributed by atoms with Crippen LogP contribution in [0.25, 0.3) is 0 Å². The van der Waals surface area contributed by atoms with Gasteiger partial charge in [0.1, 0.15) is 0 Å². The van der Waals surface area contributed by atoms with Crippen molar-refractivity contribution in [2.75, 3.05) is 6.26 Å². The van der Waals surface area contributed by atoms with Gasteiger partial charge in [-0.3, -0.25) is 4.99 Å². The van der Waals surface area contributed by atoms with Gasteiger partial charge < -0.3 is 0 Å². The molecule has 0 heterocycles. The van der Waals surface area contributed by atoms with Crippen molar-refractivity contribution in [1.82, 2.24) is 0 Å². The topological polar surface area (TPSA) is 12.4 Å². The van der Waals surface area contributed by atoms with Crippen LogP contribution in [0.4, 0.5) is 5.69 Å². The third-order valence-electron chi connectivity index (χ3n) is 2.71. The minimum absolute atomic E-state index is 0.752. The molecule has 0 fully saturated rings. The first-order valence-corrected chi connectivity index (χ1v) is 7.24. The van der Waals surface area contributed by atoms with E-state index in [2.05, 4.69) is 35.5 Å². The lowest BCUT2D eigenvalue weighted by molar-refractivity contribution is 1.40. The molecule has 0 aromatic heterocycles. The van der Waals surface area contributed by atoms with E-state index in [1.54, 1.807) is 11.8 Å². The normalized spacial score (nSPS) is 11.1. The van der Waals surface area contributed by atoms with Crippen LogP contribution in [0.15, 0.2) is 52.4 Å². The molecule has 1 nitrogen and oxygen atoms in total. The zero-order valence-corrected chi connectivity index (χ0v) is 11.9. The summed E-state index contributed by atoms with van der Waals surface area (Å²) in [4.78, 5) is 5.73. The van der Waals surface area contributed by atoms with Crippen molar-refractivity contribution in [2.45, 2.75) is 11.8 Å². The Morgan fingerprint density at radius 2 is 1.83 bits per heavy atom. The molecule has 0 spiro atoms. The van der Waals surface area contributed by atoms with Gasteiger partial charge in [-0.1, -0.05) is 29.8 Å². The van der Waals surface area contributed by atoms with E-state index in [9.17, 15) is 0 Å². The summed E-state index contributed by atoms with van der Waals surface area (Å²) in [6, 6.07) is 14.1. The number of hydrogen-bond donors (Lipinski definition) is 0. The third-order valence-corrected chi connectivity index (χ3v) is 3.86. The van der Waals surface area contributed by atoms with Gasteiger partial charge >= 0.3 is 0 Å². The Balaban J connectivity index is 2.21. The van der Waals surface area contributed by atoms with Crippen LogP contribution >= 0.6 is 23.4 Å². The number of hydrogen-bond acceptors (Lipinski definition) is 2. The van der Waals surface area contributed by atoms with Crippen molar-refractivity contribution >= 4 is 35.3 Å². The molecule has 0 amide bonds. The zero-order chi connectivity index (χ0) is 13.0. The molecule has 0 radical (unpaired) electrons. The van der Waals surface area contributed by atoms with Gasteiger partial charge in [0.2, 0.25) is 0 Å². The molecular formula is C15H14ClNS. The highest BCUT2D eigenvalue weighted by atomic mass is 35.5. The molecular weight excluding hydrogens is 262 g/mol. The van der Waals surface area contributed by atoms with E-state index in [-0.39, 0.29) is 0 Å². The molecule has 0 aliphatic heterocycles. The largest absolute Gasteiger partial charge is 0.256 e. The molecule has 0 saturated heterocycles. The van der Waals surface area contributed by atoms with E-state index >= 15 is 0 Å². The molecule has 2 aromatic rings. The fraction of sp³-hybridized carbons (Fsp3) is 0.133. The lowest BCUT2D eigenvalue weighted by Gasteiger charge is -2.01. The highest BCUT2D eigenvalue weighted by Gasteiger charge is 1.99. The summed E-state index contributed by atoms with van der Waals surface area (Å²) in [5.41, 5.74) is 3.01. The van der Waals surface area contributed by atoms with E-state index in [0.29, 0.717) is 0 Å². The molecule has 92 valence electrons. The maximum atomic E-state index is 6.06. The first-order chi connectivity index (χ1) is 8.70. The quantitative estimate of drug-likeness (QED) is 0.559. The van der Waals surface area contributed by atoms with Crippen molar-refractivity contribution in [3.8, 4) is 0 Å². The molecule has 18 heavy (non-hydrogen) atoms. The summed E-state index contributed by atoms with van der Waals surface area (Å²) in [6.45, 7) is 1.98. The maximum Gasteiger partial charge on any atom is 0.0673 e. The number of thioether (sulfide) groups is 1. The molecule has 2 rings (SSSR count). The van der Waals surface area contributed by atoms with Crippen LogP contribution in [0, 0.1) is 6.92 Å². The number of nitrogens with zero attached hydrogens (tertiary/aromatic N) is 1. The molecule has 0 unspecified atom stereocenters. The summed E-state index contributed by atoms with van der Waals surface area (Å²) in [6.07, 6.45) is 3.93. The average Bonchev–Trinajstić information content (AvgIpc) is 2.41. The highest BCUT2D eigenvalue weighted by molar-refractivity contribution is 7.98. The number of aliphatic imine (C=N–C) groups is 1. The van der Waals surface area contributed by atoms with Gasteiger partial charge in [-0.05, 0) is 48.6 Å². The van der Waals surface area contributed by atoms with E-state index in [4.69, 9.17) is 11.6 Å². The highest BCUT2D eigenvalue weighted by Crippen LogP contribution is 2.25. The van der Waals surface area contributed by atoms with Crippen LogP contribution in [0.1, 0.15) is 11.1 Å². The minimum Gasteiger partial charge on any atom is -0.256 e. The second-order valence-corrected chi connectivity index (χ2v) is 5.20. The summed E-state index contributed by atoms with van der Waals surface area (Å²) in [7, 11) is 0. The van der Waals surface area contributed by atoms with Gasteiger partial charge in [-0.15, -0.1) is 11.8 Å². The maximum absolute atomic E-state index is 6.06. The van der Waals surface area contributed by atoms with E-state index in [1.807, 2.05) is 31.3 Å². The van der Waals surface area contributed by atoms with Crippen LogP contribution < -0.4 is 0 Å². The fourth-order valence-corrected chi connectivity index (χ4v) is 2.15. The molecule has 3 heteroatoms. The molecule has 2 aromatic carbocycles. The van der Waals surface area contributed by atoms with Crippen LogP contribution in [0.5, 0.6) is 0 Å². The summed E-state index contributed by atoms with van der Waals surface area (Å²) in [5, 5.41) is 0.752. The first-order valence-electron chi connectivity index (χ1n) is 5.64. The third kappa shape index (κ3) is 3.15. The Morgan fingerprint density at radius 1 is 1.11 bits per heavy atom. The molecule has 0 saturated carbocycles. The van der Waals surface area contributed by atoms with Crippen molar-refractivity contribution < 1.29 is 0 Å². The Morgan fingerprint density at radius 3 is 2.50 bits per heavy atom. The summed E-state index contributed by atoms with van der Waals surface area (Å²) < 4.78 is 0. The second kappa shape index (κ2) is 6.07. The minimum atomic E-state index is 0.752. The van der Waals surface area contributed by atoms with E-state index < -0.39 is 0 Å². The van der Waals surface area contributed by atoms with Crippen molar-refractivity contribution in [2.24, 2.45) is 4.99 Å². The average molecular weight is 276 g/mol. The van der Waals surface area contributed by atoms with E-state index in [0.717, 1.165) is 21.8 Å². The molecule has 0 aliphatic rings. The van der Waals surface area contributed by atoms with Crippen molar-refractivity contribution in [1.29, 1.82) is 0 Å². The Labute approximate surface area is 117 Å². The van der Waals surface area contributed by atoms with Gasteiger partial charge in [0, 0.05) is 16.1 Å². The summed E-state index contributed by atoms with van der Waals surface area (Å²) >= 11 is 7.79. The lowest BCUT2D eigenvalue weighted by atomic mass is 10.2. The van der Waals surface area contributed by atoms with Gasteiger partial charge in [0.25, 0.3) is 0 Å². The Bertz CT molecular complexity index is 561. The van der Waals surface area contributed by atoms with E-state index in [1.165, 1.54) is 4.90 Å². The number of rotatable bonds is 3. The molecule has 0 N–H and O–H groups in total. The monoisotopic (exact) mass is 275 g/mol. The molecule has 0 atom stereocenters. The Hall–Kier alpha value is -1.25. The SMILES string of the molecule is CSc1ccc(C=Nc2cccc(Cl)c2C)cc1. The van der Waals surface area contributed by atoms with Gasteiger partial charge in [-0.25, -0.2) is 0 Å². The number of benzene rings is 2. The van der Waals surface area contributed by atoms with Crippen LogP contribution in [-0.4, -0.2) is 12.5 Å². The van der Waals surface area contributed by atoms with Crippen LogP contribution in [0.3, 0.4) is 0 Å².